The highest BCUT2D eigenvalue weighted by atomic mass is 35.5. The summed E-state index contributed by atoms with van der Waals surface area (Å²) in [6.07, 6.45) is 0.474. The average Bonchev–Trinajstić information content (AvgIpc) is 2.78. The first-order chi connectivity index (χ1) is 11.7. The number of ether oxygens (including phenoxy) is 2. The predicted octanol–water partition coefficient (Wildman–Crippen LogP) is 3.68. The first-order valence-electron chi connectivity index (χ1n) is 8.42. The molecule has 0 bridgehead atoms. The Morgan fingerprint density at radius 3 is 2.36 bits per heavy atom. The van der Waals surface area contributed by atoms with E-state index < -0.39 is 35.3 Å². The second-order valence-electron chi connectivity index (χ2n) is 6.67. The van der Waals surface area contributed by atoms with E-state index in [1.807, 2.05) is 6.92 Å². The van der Waals surface area contributed by atoms with Gasteiger partial charge in [-0.3, -0.25) is 14.4 Å². The summed E-state index contributed by atoms with van der Waals surface area (Å²) in [7, 11) is 0. The van der Waals surface area contributed by atoms with E-state index in [1.165, 1.54) is 0 Å². The molecule has 0 saturated carbocycles. The number of hydrogen-bond acceptors (Lipinski definition) is 5. The van der Waals surface area contributed by atoms with Crippen molar-refractivity contribution in [3.05, 3.63) is 34.9 Å². The molecule has 1 aliphatic heterocycles. The van der Waals surface area contributed by atoms with Crippen LogP contribution in [-0.2, 0) is 19.1 Å². The maximum atomic E-state index is 13.0. The third-order valence-corrected chi connectivity index (χ3v) is 4.91. The number of hydrogen-bond donors (Lipinski definition) is 0. The quantitative estimate of drug-likeness (QED) is 0.436. The molecule has 1 fully saturated rings. The zero-order chi connectivity index (χ0) is 18.8. The molecule has 2 rings (SSSR count). The lowest BCUT2D eigenvalue weighted by Crippen LogP contribution is -2.42. The summed E-state index contributed by atoms with van der Waals surface area (Å²) in [6.45, 7) is 7.16. The van der Waals surface area contributed by atoms with Crippen molar-refractivity contribution in [2.75, 3.05) is 6.61 Å². The van der Waals surface area contributed by atoms with Crippen LogP contribution in [0.3, 0.4) is 0 Å². The molecule has 1 aromatic carbocycles. The van der Waals surface area contributed by atoms with Crippen LogP contribution in [-0.4, -0.2) is 29.9 Å². The van der Waals surface area contributed by atoms with Gasteiger partial charge in [0.25, 0.3) is 0 Å². The first-order valence-corrected chi connectivity index (χ1v) is 8.80. The molecule has 0 aromatic heterocycles. The molecule has 25 heavy (non-hydrogen) atoms. The molecule has 136 valence electrons. The lowest BCUT2D eigenvalue weighted by atomic mass is 9.70. The van der Waals surface area contributed by atoms with E-state index >= 15 is 0 Å². The lowest BCUT2D eigenvalue weighted by Gasteiger charge is -2.32. The molecule has 5 nitrogen and oxygen atoms in total. The van der Waals surface area contributed by atoms with Gasteiger partial charge in [0.2, 0.25) is 0 Å². The van der Waals surface area contributed by atoms with Gasteiger partial charge < -0.3 is 9.47 Å². The standard InChI is InChI=1S/C19H23ClO5/c1-5-13(16(21)11-7-9-12(20)10-8-11)15-14(17(22)24-6-2)18(23)25-19(15,3)4/h7-10,13-15H,5-6H2,1-4H3/t13-,14+,15-/m0/s1. The highest BCUT2D eigenvalue weighted by Gasteiger charge is 2.58. The van der Waals surface area contributed by atoms with E-state index in [2.05, 4.69) is 0 Å². The van der Waals surface area contributed by atoms with Crippen molar-refractivity contribution in [3.63, 3.8) is 0 Å². The Balaban J connectivity index is 2.40. The van der Waals surface area contributed by atoms with Gasteiger partial charge in [-0.2, -0.15) is 0 Å². The van der Waals surface area contributed by atoms with Crippen LogP contribution in [0.15, 0.2) is 24.3 Å². The molecule has 1 aromatic rings. The largest absolute Gasteiger partial charge is 0.465 e. The summed E-state index contributed by atoms with van der Waals surface area (Å²) in [5.74, 6) is -3.62. The van der Waals surface area contributed by atoms with Crippen LogP contribution in [0.1, 0.15) is 44.5 Å². The number of cyclic esters (lactones) is 1. The first kappa shape index (κ1) is 19.4. The average molecular weight is 367 g/mol. The van der Waals surface area contributed by atoms with Gasteiger partial charge in [0.15, 0.2) is 11.7 Å². The van der Waals surface area contributed by atoms with Gasteiger partial charge in [-0.15, -0.1) is 0 Å². The summed E-state index contributed by atoms with van der Waals surface area (Å²) in [5.41, 5.74) is -0.439. The minimum atomic E-state index is -1.09. The fraction of sp³-hybridized carbons (Fsp3) is 0.526. The van der Waals surface area contributed by atoms with E-state index in [4.69, 9.17) is 21.1 Å². The topological polar surface area (TPSA) is 69.7 Å². The van der Waals surface area contributed by atoms with E-state index in [1.54, 1.807) is 45.0 Å². The van der Waals surface area contributed by atoms with Crippen molar-refractivity contribution >= 4 is 29.3 Å². The van der Waals surface area contributed by atoms with Crippen LogP contribution in [0.5, 0.6) is 0 Å². The van der Waals surface area contributed by atoms with Crippen LogP contribution < -0.4 is 0 Å². The molecule has 1 aliphatic rings. The van der Waals surface area contributed by atoms with Gasteiger partial charge in [0.1, 0.15) is 5.60 Å². The maximum absolute atomic E-state index is 13.0. The van der Waals surface area contributed by atoms with Gasteiger partial charge in [-0.25, -0.2) is 0 Å². The Labute approximate surface area is 152 Å². The van der Waals surface area contributed by atoms with Gasteiger partial charge in [0.05, 0.1) is 6.61 Å². The smallest absolute Gasteiger partial charge is 0.321 e. The number of halogens is 1. The molecule has 0 spiro atoms. The molecule has 1 saturated heterocycles. The Bertz CT molecular complexity index is 665. The number of benzene rings is 1. The van der Waals surface area contributed by atoms with Crippen molar-refractivity contribution in [1.82, 2.24) is 0 Å². The molecule has 1 heterocycles. The van der Waals surface area contributed by atoms with Crippen molar-refractivity contribution in [2.45, 2.75) is 39.7 Å². The molecule has 0 N–H and O–H groups in total. The third kappa shape index (κ3) is 3.87. The molecule has 0 amide bonds. The van der Waals surface area contributed by atoms with Gasteiger partial charge in [0, 0.05) is 22.4 Å². The number of esters is 2. The van der Waals surface area contributed by atoms with Crippen LogP contribution in [0.4, 0.5) is 0 Å². The van der Waals surface area contributed by atoms with Crippen molar-refractivity contribution in [1.29, 1.82) is 0 Å². The van der Waals surface area contributed by atoms with E-state index in [9.17, 15) is 14.4 Å². The minimum absolute atomic E-state index is 0.134. The molecule has 0 unspecified atom stereocenters. The molecule has 6 heteroatoms. The second kappa shape index (κ2) is 7.56. The predicted molar refractivity (Wildman–Crippen MR) is 93.3 cm³/mol. The van der Waals surface area contributed by atoms with Crippen LogP contribution in [0.25, 0.3) is 0 Å². The molecule has 0 aliphatic carbocycles. The summed E-state index contributed by atoms with van der Waals surface area (Å²) >= 11 is 5.88. The normalized spacial score (nSPS) is 23.0. The SMILES string of the molecule is CCOC(=O)[C@@H]1C(=O)OC(C)(C)[C@H]1[C@H](CC)C(=O)c1ccc(Cl)cc1. The Hall–Kier alpha value is -1.88. The Morgan fingerprint density at radius 1 is 1.24 bits per heavy atom. The molecular weight excluding hydrogens is 344 g/mol. The monoisotopic (exact) mass is 366 g/mol. The van der Waals surface area contributed by atoms with E-state index in [0.29, 0.717) is 17.0 Å². The fourth-order valence-electron chi connectivity index (χ4n) is 3.56. The van der Waals surface area contributed by atoms with Gasteiger partial charge >= 0.3 is 11.9 Å². The lowest BCUT2D eigenvalue weighted by molar-refractivity contribution is -0.157. The number of carbonyl (C=O) groups is 3. The third-order valence-electron chi connectivity index (χ3n) is 4.66. The minimum Gasteiger partial charge on any atom is -0.465 e. The second-order valence-corrected chi connectivity index (χ2v) is 7.10. The van der Waals surface area contributed by atoms with Gasteiger partial charge in [-0.1, -0.05) is 18.5 Å². The van der Waals surface area contributed by atoms with E-state index in [0.717, 1.165) is 0 Å². The zero-order valence-electron chi connectivity index (χ0n) is 14.9. The summed E-state index contributed by atoms with van der Waals surface area (Å²) in [4.78, 5) is 37.6. The number of carbonyl (C=O) groups excluding carboxylic acids is 3. The number of Topliss-reactive ketones (excluding diaryl/α,β-unsaturated/α-hetero) is 1. The summed E-state index contributed by atoms with van der Waals surface area (Å²) < 4.78 is 10.5. The maximum Gasteiger partial charge on any atom is 0.321 e. The highest BCUT2D eigenvalue weighted by Crippen LogP contribution is 2.44. The molecule has 3 atom stereocenters. The van der Waals surface area contributed by atoms with E-state index in [-0.39, 0.29) is 12.4 Å². The van der Waals surface area contributed by atoms with Crippen LogP contribution in [0.2, 0.25) is 5.02 Å². The van der Waals surface area contributed by atoms with Crippen molar-refractivity contribution in [3.8, 4) is 0 Å². The number of ketones is 1. The van der Waals surface area contributed by atoms with Crippen LogP contribution in [0, 0.1) is 17.8 Å². The molecule has 0 radical (unpaired) electrons. The molecular formula is C19H23ClO5. The van der Waals surface area contributed by atoms with Gasteiger partial charge in [-0.05, 0) is 51.5 Å². The van der Waals surface area contributed by atoms with Crippen LogP contribution >= 0.6 is 11.6 Å². The number of rotatable bonds is 6. The summed E-state index contributed by atoms with van der Waals surface area (Å²) in [6, 6.07) is 6.59. The summed E-state index contributed by atoms with van der Waals surface area (Å²) in [5, 5.41) is 0.536. The fourth-order valence-corrected chi connectivity index (χ4v) is 3.69. The van der Waals surface area contributed by atoms with Crippen molar-refractivity contribution < 1.29 is 23.9 Å². The zero-order valence-corrected chi connectivity index (χ0v) is 15.6. The van der Waals surface area contributed by atoms with Crippen molar-refractivity contribution in [2.24, 2.45) is 17.8 Å². The Kier molecular flexibility index (Phi) is 5.88. The highest BCUT2D eigenvalue weighted by molar-refractivity contribution is 6.30. The Morgan fingerprint density at radius 2 is 1.84 bits per heavy atom.